The van der Waals surface area contributed by atoms with Crippen molar-refractivity contribution in [3.05, 3.63) is 29.8 Å². The average molecular weight is 364 g/mol. The number of carbonyl (C=O) groups excluding carboxylic acids is 3. The Morgan fingerprint density at radius 1 is 1.08 bits per heavy atom. The van der Waals surface area contributed by atoms with E-state index in [1.807, 2.05) is 0 Å². The van der Waals surface area contributed by atoms with Crippen molar-refractivity contribution < 1.29 is 14.4 Å². The zero-order valence-corrected chi connectivity index (χ0v) is 14.8. The molecule has 0 bridgehead atoms. The van der Waals surface area contributed by atoms with E-state index in [9.17, 15) is 14.4 Å². The van der Waals surface area contributed by atoms with Crippen LogP contribution in [0.4, 0.5) is 10.8 Å². The van der Waals surface area contributed by atoms with E-state index in [2.05, 4.69) is 20.8 Å². The van der Waals surface area contributed by atoms with Crippen molar-refractivity contribution in [1.29, 1.82) is 0 Å². The highest BCUT2D eigenvalue weighted by Gasteiger charge is 2.10. The first-order valence-electron chi connectivity index (χ1n) is 7.15. The Hall–Kier alpha value is -2.26. The molecule has 0 aliphatic heterocycles. The van der Waals surface area contributed by atoms with E-state index in [1.54, 1.807) is 31.2 Å². The van der Waals surface area contributed by atoms with Gasteiger partial charge in [-0.25, -0.2) is 0 Å². The Bertz CT molecular complexity index is 743. The fraction of sp³-hybridized carbons (Fsp3) is 0.267. The number of ketones is 1. The predicted molar refractivity (Wildman–Crippen MR) is 94.6 cm³/mol. The molecule has 2 amide bonds. The molecule has 7 nitrogen and oxygen atoms in total. The number of hydrogen-bond donors (Lipinski definition) is 2. The number of thioether (sulfide) groups is 1. The number of nitrogens with zero attached hydrogens (tertiary/aromatic N) is 2. The predicted octanol–water partition coefficient (Wildman–Crippen LogP) is 2.82. The molecule has 0 saturated carbocycles. The summed E-state index contributed by atoms with van der Waals surface area (Å²) in [5.41, 5.74) is 1.22. The van der Waals surface area contributed by atoms with Gasteiger partial charge in [-0.1, -0.05) is 30.0 Å². The molecule has 1 aromatic heterocycles. The van der Waals surface area contributed by atoms with Crippen LogP contribution in [0.3, 0.4) is 0 Å². The fourth-order valence-electron chi connectivity index (χ4n) is 1.64. The van der Waals surface area contributed by atoms with Gasteiger partial charge in [-0.2, -0.15) is 0 Å². The maximum atomic E-state index is 11.9. The second kappa shape index (κ2) is 8.55. The number of nitrogens with one attached hydrogen (secondary N) is 2. The van der Waals surface area contributed by atoms with Crippen LogP contribution in [0.15, 0.2) is 28.6 Å². The molecule has 0 radical (unpaired) electrons. The second-order valence-electron chi connectivity index (χ2n) is 4.75. The van der Waals surface area contributed by atoms with E-state index >= 15 is 0 Å². The summed E-state index contributed by atoms with van der Waals surface area (Å²) in [4.78, 5) is 34.4. The standard InChI is InChI=1S/C15H16N4O3S2/c1-3-12(21)17-14-18-19-15(24-14)23-8-13(22)16-11-6-4-10(5-7-11)9(2)20/h4-7H,3,8H2,1-2H3,(H,16,22)(H,17,18,21). The van der Waals surface area contributed by atoms with Gasteiger partial charge in [-0.15, -0.1) is 10.2 Å². The molecule has 0 fully saturated rings. The number of hydrogen-bond acceptors (Lipinski definition) is 7. The Morgan fingerprint density at radius 3 is 2.42 bits per heavy atom. The number of rotatable bonds is 7. The van der Waals surface area contributed by atoms with Gasteiger partial charge in [0.15, 0.2) is 10.1 Å². The third-order valence-electron chi connectivity index (χ3n) is 2.88. The highest BCUT2D eigenvalue weighted by Crippen LogP contribution is 2.25. The third-order valence-corrected chi connectivity index (χ3v) is 4.85. The quantitative estimate of drug-likeness (QED) is 0.445. The van der Waals surface area contributed by atoms with Crippen LogP contribution < -0.4 is 10.6 Å². The molecular formula is C15H16N4O3S2. The van der Waals surface area contributed by atoms with Crippen molar-refractivity contribution >= 4 is 51.5 Å². The van der Waals surface area contributed by atoms with E-state index in [-0.39, 0.29) is 23.4 Å². The molecule has 2 aromatic rings. The minimum absolute atomic E-state index is 0.0225. The van der Waals surface area contributed by atoms with Gasteiger partial charge >= 0.3 is 0 Å². The van der Waals surface area contributed by atoms with Crippen LogP contribution in [-0.2, 0) is 9.59 Å². The van der Waals surface area contributed by atoms with E-state index in [0.29, 0.717) is 27.1 Å². The van der Waals surface area contributed by atoms with Crippen molar-refractivity contribution in [2.24, 2.45) is 0 Å². The lowest BCUT2D eigenvalue weighted by molar-refractivity contribution is -0.116. The van der Waals surface area contributed by atoms with E-state index < -0.39 is 0 Å². The molecule has 0 atom stereocenters. The third kappa shape index (κ3) is 5.43. The second-order valence-corrected chi connectivity index (χ2v) is 6.95. The molecule has 126 valence electrons. The summed E-state index contributed by atoms with van der Waals surface area (Å²) in [7, 11) is 0. The van der Waals surface area contributed by atoms with Crippen LogP contribution >= 0.6 is 23.1 Å². The average Bonchev–Trinajstić information content (AvgIpc) is 3.00. The lowest BCUT2D eigenvalue weighted by Gasteiger charge is -2.04. The molecule has 0 aliphatic carbocycles. The first-order chi connectivity index (χ1) is 11.5. The van der Waals surface area contributed by atoms with Gasteiger partial charge in [0.25, 0.3) is 0 Å². The largest absolute Gasteiger partial charge is 0.325 e. The van der Waals surface area contributed by atoms with Gasteiger partial charge in [0, 0.05) is 17.7 Å². The summed E-state index contributed by atoms with van der Waals surface area (Å²) in [5, 5.41) is 13.5. The molecule has 0 spiro atoms. The monoisotopic (exact) mass is 364 g/mol. The van der Waals surface area contributed by atoms with Crippen molar-refractivity contribution in [3.63, 3.8) is 0 Å². The number of aromatic nitrogens is 2. The Balaban J connectivity index is 1.82. The lowest BCUT2D eigenvalue weighted by Crippen LogP contribution is -2.14. The van der Waals surface area contributed by atoms with E-state index in [4.69, 9.17) is 0 Å². The van der Waals surface area contributed by atoms with Gasteiger partial charge < -0.3 is 10.6 Å². The normalized spacial score (nSPS) is 10.2. The summed E-state index contributed by atoms with van der Waals surface area (Å²) >= 11 is 2.46. The molecule has 24 heavy (non-hydrogen) atoms. The van der Waals surface area contributed by atoms with Crippen LogP contribution in [0.5, 0.6) is 0 Å². The van der Waals surface area contributed by atoms with Crippen LogP contribution in [0.25, 0.3) is 0 Å². The van der Waals surface area contributed by atoms with Gasteiger partial charge in [-0.05, 0) is 31.2 Å². The van der Waals surface area contributed by atoms with Crippen molar-refractivity contribution in [2.75, 3.05) is 16.4 Å². The Labute approximate surface area is 147 Å². The van der Waals surface area contributed by atoms with Crippen LogP contribution in [0, 0.1) is 0 Å². The molecule has 1 heterocycles. The minimum Gasteiger partial charge on any atom is -0.325 e. The molecule has 1 aromatic carbocycles. The zero-order valence-electron chi connectivity index (χ0n) is 13.2. The topological polar surface area (TPSA) is 101 Å². The minimum atomic E-state index is -0.190. The number of carbonyl (C=O) groups is 3. The maximum Gasteiger partial charge on any atom is 0.234 e. The molecule has 9 heteroatoms. The molecule has 0 aliphatic rings. The van der Waals surface area contributed by atoms with Crippen molar-refractivity contribution in [2.45, 2.75) is 24.6 Å². The summed E-state index contributed by atoms with van der Waals surface area (Å²) in [6, 6.07) is 6.70. The summed E-state index contributed by atoms with van der Waals surface area (Å²) in [6.45, 7) is 3.24. The maximum absolute atomic E-state index is 11.9. The summed E-state index contributed by atoms with van der Waals surface area (Å²) in [5.74, 6) is -0.171. The van der Waals surface area contributed by atoms with Crippen LogP contribution in [-0.4, -0.2) is 33.5 Å². The Kier molecular flexibility index (Phi) is 6.44. The highest BCUT2D eigenvalue weighted by molar-refractivity contribution is 8.01. The highest BCUT2D eigenvalue weighted by atomic mass is 32.2. The first-order valence-corrected chi connectivity index (χ1v) is 8.95. The van der Waals surface area contributed by atoms with Crippen molar-refractivity contribution in [1.82, 2.24) is 10.2 Å². The fourth-order valence-corrected chi connectivity index (χ4v) is 3.21. The SMILES string of the molecule is CCC(=O)Nc1nnc(SCC(=O)Nc2ccc(C(C)=O)cc2)s1. The van der Waals surface area contributed by atoms with Gasteiger partial charge in [-0.3, -0.25) is 14.4 Å². The zero-order chi connectivity index (χ0) is 17.5. The van der Waals surface area contributed by atoms with Gasteiger partial charge in [0.05, 0.1) is 5.75 Å². The van der Waals surface area contributed by atoms with Gasteiger partial charge in [0.2, 0.25) is 16.9 Å². The molecular weight excluding hydrogens is 348 g/mol. The smallest absolute Gasteiger partial charge is 0.234 e. The summed E-state index contributed by atoms with van der Waals surface area (Å²) in [6.07, 6.45) is 0.368. The number of amides is 2. The van der Waals surface area contributed by atoms with E-state index in [0.717, 1.165) is 0 Å². The molecule has 2 rings (SSSR count). The molecule has 0 saturated heterocycles. The first kappa shape index (κ1) is 18.1. The van der Waals surface area contributed by atoms with E-state index in [1.165, 1.54) is 30.0 Å². The number of Topliss-reactive ketones (excluding diaryl/α,β-unsaturated/α-hetero) is 1. The van der Waals surface area contributed by atoms with Gasteiger partial charge in [0.1, 0.15) is 0 Å². The lowest BCUT2D eigenvalue weighted by atomic mass is 10.1. The Morgan fingerprint density at radius 2 is 1.79 bits per heavy atom. The number of benzene rings is 1. The van der Waals surface area contributed by atoms with Crippen LogP contribution in [0.1, 0.15) is 30.6 Å². The summed E-state index contributed by atoms with van der Waals surface area (Å²) < 4.78 is 0.600. The van der Waals surface area contributed by atoms with Crippen LogP contribution in [0.2, 0.25) is 0 Å². The molecule has 2 N–H and O–H groups in total. The van der Waals surface area contributed by atoms with Crippen molar-refractivity contribution in [3.8, 4) is 0 Å². The molecule has 0 unspecified atom stereocenters. The number of anilines is 2.